The van der Waals surface area contributed by atoms with Crippen LogP contribution in [0.25, 0.3) is 0 Å². The Bertz CT molecular complexity index is 519. The molecule has 1 aliphatic heterocycles. The van der Waals surface area contributed by atoms with Crippen LogP contribution in [0.2, 0.25) is 0 Å². The number of hydrogen-bond donors (Lipinski definition) is 2. The van der Waals surface area contributed by atoms with Crippen molar-refractivity contribution in [2.75, 3.05) is 13.2 Å². The molecule has 2 N–H and O–H groups in total. The van der Waals surface area contributed by atoms with Gasteiger partial charge in [0.25, 0.3) is 0 Å². The minimum atomic E-state index is -1.13. The van der Waals surface area contributed by atoms with Gasteiger partial charge in [-0.2, -0.15) is 0 Å². The van der Waals surface area contributed by atoms with Crippen LogP contribution in [0.4, 0.5) is 4.39 Å². The van der Waals surface area contributed by atoms with Crippen molar-refractivity contribution in [2.24, 2.45) is 0 Å². The summed E-state index contributed by atoms with van der Waals surface area (Å²) in [7, 11) is 0. The molecule has 2 atom stereocenters. The van der Waals surface area contributed by atoms with E-state index in [1.165, 1.54) is 24.3 Å². The molecule has 2 rings (SSSR count). The van der Waals surface area contributed by atoms with E-state index in [0.717, 1.165) is 4.90 Å². The number of aliphatic hydroxyl groups excluding tert-OH is 1. The highest BCUT2D eigenvalue weighted by atomic mass is 19.1. The van der Waals surface area contributed by atoms with Crippen molar-refractivity contribution >= 4 is 11.9 Å². The lowest BCUT2D eigenvalue weighted by atomic mass is 10.2. The summed E-state index contributed by atoms with van der Waals surface area (Å²) < 4.78 is 18.0. The van der Waals surface area contributed by atoms with Crippen molar-refractivity contribution in [1.82, 2.24) is 4.90 Å². The number of amides is 1. The van der Waals surface area contributed by atoms with Gasteiger partial charge in [0.1, 0.15) is 17.6 Å². The number of aliphatic hydroxyl groups is 1. The molecule has 114 valence electrons. The summed E-state index contributed by atoms with van der Waals surface area (Å²) in [4.78, 5) is 24.1. The molecule has 0 saturated carbocycles. The van der Waals surface area contributed by atoms with Crippen LogP contribution in [0.1, 0.15) is 12.8 Å². The van der Waals surface area contributed by atoms with Crippen molar-refractivity contribution in [2.45, 2.75) is 25.0 Å². The maximum atomic E-state index is 12.7. The topological polar surface area (TPSA) is 87.1 Å². The van der Waals surface area contributed by atoms with Gasteiger partial charge < -0.3 is 19.8 Å². The van der Waals surface area contributed by atoms with Crippen LogP contribution in [0, 0.1) is 5.82 Å². The van der Waals surface area contributed by atoms with Crippen molar-refractivity contribution < 1.29 is 28.9 Å². The fourth-order valence-corrected chi connectivity index (χ4v) is 2.25. The number of carboxylic acids is 1. The number of hydrogen-bond acceptors (Lipinski definition) is 4. The lowest BCUT2D eigenvalue weighted by molar-refractivity contribution is -0.148. The van der Waals surface area contributed by atoms with E-state index in [0.29, 0.717) is 5.75 Å². The summed E-state index contributed by atoms with van der Waals surface area (Å²) in [6.45, 7) is 0.0791. The lowest BCUT2D eigenvalue weighted by Crippen LogP contribution is -2.41. The molecule has 1 amide bonds. The largest absolute Gasteiger partial charge is 0.493 e. The van der Waals surface area contributed by atoms with Crippen molar-refractivity contribution in [1.29, 1.82) is 0 Å². The zero-order valence-corrected chi connectivity index (χ0v) is 11.2. The Balaban J connectivity index is 1.84. The van der Waals surface area contributed by atoms with Crippen LogP contribution < -0.4 is 4.74 Å². The van der Waals surface area contributed by atoms with E-state index in [2.05, 4.69) is 0 Å². The third kappa shape index (κ3) is 3.91. The van der Waals surface area contributed by atoms with Crippen LogP contribution in [0.15, 0.2) is 24.3 Å². The van der Waals surface area contributed by atoms with E-state index >= 15 is 0 Å². The van der Waals surface area contributed by atoms with Crippen LogP contribution in [-0.4, -0.2) is 52.3 Å². The predicted molar refractivity (Wildman–Crippen MR) is 70.3 cm³/mol. The number of rotatable bonds is 5. The van der Waals surface area contributed by atoms with Crippen LogP contribution >= 0.6 is 0 Å². The van der Waals surface area contributed by atoms with Crippen LogP contribution in [0.3, 0.4) is 0 Å². The Labute approximate surface area is 120 Å². The Kier molecular flexibility index (Phi) is 4.74. The highest BCUT2D eigenvalue weighted by Gasteiger charge is 2.38. The normalized spacial score (nSPS) is 21.3. The van der Waals surface area contributed by atoms with Gasteiger partial charge in [-0.05, 0) is 24.3 Å². The number of likely N-dealkylation sites (tertiary alicyclic amines) is 1. The number of benzene rings is 1. The molecule has 1 unspecified atom stereocenters. The molecule has 0 spiro atoms. The number of carbonyl (C=O) groups excluding carboxylic acids is 1. The fraction of sp³-hybridized carbons (Fsp3) is 0.429. The van der Waals surface area contributed by atoms with E-state index in [1.807, 2.05) is 0 Å². The second-order valence-corrected chi connectivity index (χ2v) is 4.84. The number of β-amino-alcohol motifs (C(OH)–C–C–N with tert-alkyl or cyclic N) is 1. The summed E-state index contributed by atoms with van der Waals surface area (Å²) in [6.07, 6.45) is -0.776. The molecule has 6 nitrogen and oxygen atoms in total. The smallest absolute Gasteiger partial charge is 0.326 e. The Morgan fingerprint density at radius 2 is 2.00 bits per heavy atom. The number of nitrogens with zero attached hydrogens (tertiary/aromatic N) is 1. The van der Waals surface area contributed by atoms with E-state index in [-0.39, 0.29) is 37.7 Å². The molecule has 0 aromatic heterocycles. The number of aliphatic carboxylic acids is 1. The SMILES string of the molecule is O=C(O)[C@@H]1CC(O)CN1C(=O)CCOc1ccc(F)cc1. The first-order valence-corrected chi connectivity index (χ1v) is 6.56. The van der Waals surface area contributed by atoms with Gasteiger partial charge >= 0.3 is 5.97 Å². The van der Waals surface area contributed by atoms with Gasteiger partial charge in [0, 0.05) is 13.0 Å². The molecule has 1 heterocycles. The molecule has 1 fully saturated rings. The average Bonchev–Trinajstić information content (AvgIpc) is 2.83. The maximum absolute atomic E-state index is 12.7. The molecule has 1 aromatic rings. The highest BCUT2D eigenvalue weighted by Crippen LogP contribution is 2.19. The highest BCUT2D eigenvalue weighted by molar-refractivity contribution is 5.84. The molecule has 0 bridgehead atoms. The predicted octanol–water partition coefficient (Wildman–Crippen LogP) is 0.641. The first-order valence-electron chi connectivity index (χ1n) is 6.56. The van der Waals surface area contributed by atoms with Gasteiger partial charge in [0.2, 0.25) is 5.91 Å². The maximum Gasteiger partial charge on any atom is 0.326 e. The number of halogens is 1. The number of carbonyl (C=O) groups is 2. The standard InChI is InChI=1S/C14H16FNO5/c15-9-1-3-11(4-2-9)21-6-5-13(18)16-8-10(17)7-12(16)14(19)20/h1-4,10,12,17H,5-8H2,(H,19,20)/t10?,12-/m0/s1. The van der Waals surface area contributed by atoms with Gasteiger partial charge in [-0.25, -0.2) is 9.18 Å². The molecular weight excluding hydrogens is 281 g/mol. The Hall–Kier alpha value is -2.15. The molecular formula is C14H16FNO5. The number of ether oxygens (including phenoxy) is 1. The molecule has 1 saturated heterocycles. The second kappa shape index (κ2) is 6.53. The summed E-state index contributed by atoms with van der Waals surface area (Å²) in [5.41, 5.74) is 0. The zero-order valence-electron chi connectivity index (χ0n) is 11.2. The fourth-order valence-electron chi connectivity index (χ4n) is 2.25. The van der Waals surface area contributed by atoms with Crippen molar-refractivity contribution in [3.8, 4) is 5.75 Å². The van der Waals surface area contributed by atoms with E-state index in [1.54, 1.807) is 0 Å². The monoisotopic (exact) mass is 297 g/mol. The summed E-state index contributed by atoms with van der Waals surface area (Å²) in [6, 6.07) is 4.39. The molecule has 0 aliphatic carbocycles. The summed E-state index contributed by atoms with van der Waals surface area (Å²) >= 11 is 0. The van der Waals surface area contributed by atoms with Crippen molar-refractivity contribution in [3.05, 3.63) is 30.1 Å². The van der Waals surface area contributed by atoms with Crippen LogP contribution in [-0.2, 0) is 9.59 Å². The third-order valence-corrected chi connectivity index (χ3v) is 3.28. The Morgan fingerprint density at radius 1 is 1.33 bits per heavy atom. The molecule has 7 heteroatoms. The summed E-state index contributed by atoms with van der Waals surface area (Å²) in [5.74, 6) is -1.46. The first-order chi connectivity index (χ1) is 9.97. The summed E-state index contributed by atoms with van der Waals surface area (Å²) in [5, 5.41) is 18.5. The van der Waals surface area contributed by atoms with Crippen LogP contribution in [0.5, 0.6) is 5.75 Å². The van der Waals surface area contributed by atoms with E-state index in [4.69, 9.17) is 9.84 Å². The first kappa shape index (κ1) is 15.2. The van der Waals surface area contributed by atoms with Gasteiger partial charge in [-0.15, -0.1) is 0 Å². The van der Waals surface area contributed by atoms with Crippen molar-refractivity contribution in [3.63, 3.8) is 0 Å². The number of carboxylic acid groups (broad SMARTS) is 1. The third-order valence-electron chi connectivity index (χ3n) is 3.28. The minimum absolute atomic E-state index is 0.00607. The quantitative estimate of drug-likeness (QED) is 0.833. The van der Waals surface area contributed by atoms with Gasteiger partial charge in [-0.3, -0.25) is 4.79 Å². The molecule has 0 radical (unpaired) electrons. The molecule has 21 heavy (non-hydrogen) atoms. The lowest BCUT2D eigenvalue weighted by Gasteiger charge is -2.21. The minimum Gasteiger partial charge on any atom is -0.493 e. The van der Waals surface area contributed by atoms with Gasteiger partial charge in [-0.1, -0.05) is 0 Å². The van der Waals surface area contributed by atoms with Gasteiger partial charge in [0.15, 0.2) is 0 Å². The van der Waals surface area contributed by atoms with E-state index in [9.17, 15) is 19.1 Å². The zero-order chi connectivity index (χ0) is 15.4. The molecule has 1 aliphatic rings. The van der Waals surface area contributed by atoms with E-state index < -0.39 is 18.1 Å². The van der Waals surface area contributed by atoms with Gasteiger partial charge in [0.05, 0.1) is 19.1 Å². The second-order valence-electron chi connectivity index (χ2n) is 4.84. The Morgan fingerprint density at radius 3 is 2.62 bits per heavy atom. The average molecular weight is 297 g/mol. The molecule has 1 aromatic carbocycles.